The number of fused-ring (bicyclic) bond motifs is 1. The monoisotopic (exact) mass is 250 g/mol. The first-order valence-corrected chi connectivity index (χ1v) is 5.88. The molecule has 0 radical (unpaired) electrons. The minimum atomic E-state index is -1.38. The van der Waals surface area contributed by atoms with E-state index in [2.05, 4.69) is 0 Å². The number of thiophene rings is 1. The Morgan fingerprint density at radius 2 is 1.82 bits per heavy atom. The molecule has 0 fully saturated rings. The minimum absolute atomic E-state index is 0.0225. The molecule has 2 rings (SSSR count). The Bertz CT molecular complexity index is 559. The van der Waals surface area contributed by atoms with Gasteiger partial charge < -0.3 is 10.2 Å². The van der Waals surface area contributed by atoms with E-state index in [1.54, 1.807) is 0 Å². The summed E-state index contributed by atoms with van der Waals surface area (Å²) in [6.07, 6.45) is 0.0225. The molecule has 0 aliphatic heterocycles. The molecule has 17 heavy (non-hydrogen) atoms. The molecule has 1 aromatic heterocycles. The van der Waals surface area contributed by atoms with Crippen LogP contribution in [0.2, 0.25) is 0 Å². The average Bonchev–Trinajstić information content (AvgIpc) is 2.68. The van der Waals surface area contributed by atoms with Crippen LogP contribution in [-0.4, -0.2) is 22.2 Å². The van der Waals surface area contributed by atoms with E-state index in [9.17, 15) is 9.59 Å². The first-order valence-electron chi connectivity index (χ1n) is 5.00. The van der Waals surface area contributed by atoms with Crippen molar-refractivity contribution in [1.29, 1.82) is 0 Å². The van der Waals surface area contributed by atoms with E-state index in [-0.39, 0.29) is 6.42 Å². The maximum Gasteiger partial charge on any atom is 0.318 e. The van der Waals surface area contributed by atoms with E-state index >= 15 is 0 Å². The van der Waals surface area contributed by atoms with Gasteiger partial charge in [-0.1, -0.05) is 18.2 Å². The van der Waals surface area contributed by atoms with E-state index < -0.39 is 17.9 Å². The molecule has 0 aliphatic rings. The molecule has 0 spiro atoms. The molecule has 1 aromatic carbocycles. The zero-order valence-corrected chi connectivity index (χ0v) is 9.61. The van der Waals surface area contributed by atoms with Crippen molar-refractivity contribution in [3.63, 3.8) is 0 Å². The van der Waals surface area contributed by atoms with Gasteiger partial charge in [0, 0.05) is 4.70 Å². The lowest BCUT2D eigenvalue weighted by Gasteiger charge is -2.06. The maximum absolute atomic E-state index is 10.8. The van der Waals surface area contributed by atoms with Crippen LogP contribution in [0.15, 0.2) is 29.6 Å². The number of aliphatic carboxylic acids is 2. The fraction of sp³-hybridized carbons (Fsp3) is 0.167. The molecule has 0 aliphatic carbocycles. The third-order valence-corrected chi connectivity index (χ3v) is 3.59. The van der Waals surface area contributed by atoms with Gasteiger partial charge in [-0.25, -0.2) is 0 Å². The molecular formula is C12H10O4S. The van der Waals surface area contributed by atoms with Gasteiger partial charge in [0.05, 0.1) is 0 Å². The average molecular weight is 250 g/mol. The molecule has 0 atom stereocenters. The molecule has 5 heteroatoms. The minimum Gasteiger partial charge on any atom is -0.481 e. The number of carbonyl (C=O) groups is 2. The van der Waals surface area contributed by atoms with Gasteiger partial charge >= 0.3 is 11.9 Å². The summed E-state index contributed by atoms with van der Waals surface area (Å²) >= 11 is 1.49. The third kappa shape index (κ3) is 2.29. The van der Waals surface area contributed by atoms with Crippen LogP contribution in [0.25, 0.3) is 10.1 Å². The molecule has 4 nitrogen and oxygen atoms in total. The van der Waals surface area contributed by atoms with Crippen molar-refractivity contribution in [3.8, 4) is 0 Å². The lowest BCUT2D eigenvalue weighted by atomic mass is 9.99. The summed E-state index contributed by atoms with van der Waals surface area (Å²) in [7, 11) is 0. The number of carboxylic acids is 2. The number of hydrogen-bond donors (Lipinski definition) is 2. The highest BCUT2D eigenvalue weighted by Gasteiger charge is 2.26. The van der Waals surface area contributed by atoms with E-state index in [1.165, 1.54) is 11.3 Å². The van der Waals surface area contributed by atoms with Gasteiger partial charge in [-0.05, 0) is 28.8 Å². The van der Waals surface area contributed by atoms with E-state index in [4.69, 9.17) is 10.2 Å². The summed E-state index contributed by atoms with van der Waals surface area (Å²) in [6, 6.07) is 7.56. The van der Waals surface area contributed by atoms with Crippen molar-refractivity contribution < 1.29 is 19.8 Å². The molecule has 0 amide bonds. The highest BCUT2D eigenvalue weighted by Crippen LogP contribution is 2.27. The zero-order valence-electron chi connectivity index (χ0n) is 8.79. The fourth-order valence-electron chi connectivity index (χ4n) is 1.69. The largest absolute Gasteiger partial charge is 0.481 e. The fourth-order valence-corrected chi connectivity index (χ4v) is 2.67. The Morgan fingerprint density at radius 1 is 1.18 bits per heavy atom. The van der Waals surface area contributed by atoms with E-state index in [0.717, 1.165) is 15.6 Å². The molecule has 1 heterocycles. The van der Waals surface area contributed by atoms with Crippen LogP contribution in [0.3, 0.4) is 0 Å². The highest BCUT2D eigenvalue weighted by molar-refractivity contribution is 7.17. The predicted molar refractivity (Wildman–Crippen MR) is 64.3 cm³/mol. The summed E-state index contributed by atoms with van der Waals surface area (Å²) in [5.74, 6) is -3.98. The Hall–Kier alpha value is -1.88. The highest BCUT2D eigenvalue weighted by atomic mass is 32.1. The second-order valence-corrected chi connectivity index (χ2v) is 4.60. The van der Waals surface area contributed by atoms with Crippen LogP contribution in [0.4, 0.5) is 0 Å². The van der Waals surface area contributed by atoms with Gasteiger partial charge in [-0.3, -0.25) is 9.59 Å². The topological polar surface area (TPSA) is 74.6 Å². The smallest absolute Gasteiger partial charge is 0.318 e. The van der Waals surface area contributed by atoms with Gasteiger partial charge in [0.15, 0.2) is 5.92 Å². The first kappa shape index (κ1) is 11.6. The Labute approximate surface area is 101 Å². The molecule has 2 aromatic rings. The third-order valence-electron chi connectivity index (χ3n) is 2.58. The zero-order chi connectivity index (χ0) is 12.4. The van der Waals surface area contributed by atoms with Crippen LogP contribution in [0.5, 0.6) is 0 Å². The van der Waals surface area contributed by atoms with Crippen LogP contribution in [-0.2, 0) is 16.0 Å². The SMILES string of the molecule is O=C(O)C(Cc1csc2ccccc12)C(=O)O. The van der Waals surface area contributed by atoms with Crippen molar-refractivity contribution in [3.05, 3.63) is 35.2 Å². The normalized spacial score (nSPS) is 10.9. The molecular weight excluding hydrogens is 240 g/mol. The van der Waals surface area contributed by atoms with Gasteiger partial charge in [0.1, 0.15) is 0 Å². The van der Waals surface area contributed by atoms with Crippen molar-refractivity contribution in [2.45, 2.75) is 6.42 Å². The van der Waals surface area contributed by atoms with Crippen molar-refractivity contribution in [2.75, 3.05) is 0 Å². The van der Waals surface area contributed by atoms with Crippen LogP contribution < -0.4 is 0 Å². The number of hydrogen-bond acceptors (Lipinski definition) is 3. The van der Waals surface area contributed by atoms with Crippen LogP contribution in [0.1, 0.15) is 5.56 Å². The Morgan fingerprint density at radius 3 is 2.47 bits per heavy atom. The maximum atomic E-state index is 10.8. The number of benzene rings is 1. The summed E-state index contributed by atoms with van der Waals surface area (Å²) < 4.78 is 1.04. The number of carboxylic acid groups (broad SMARTS) is 2. The first-order chi connectivity index (χ1) is 8.09. The Balaban J connectivity index is 2.35. The summed E-state index contributed by atoms with van der Waals surface area (Å²) in [6.45, 7) is 0. The summed E-state index contributed by atoms with van der Waals surface area (Å²) in [5, 5.41) is 20.4. The molecule has 0 unspecified atom stereocenters. The second kappa shape index (κ2) is 4.55. The summed E-state index contributed by atoms with van der Waals surface area (Å²) in [5.41, 5.74) is 0.778. The summed E-state index contributed by atoms with van der Waals surface area (Å²) in [4.78, 5) is 21.7. The predicted octanol–water partition coefficient (Wildman–Crippen LogP) is 2.23. The second-order valence-electron chi connectivity index (χ2n) is 3.69. The van der Waals surface area contributed by atoms with Crippen molar-refractivity contribution >= 4 is 33.4 Å². The van der Waals surface area contributed by atoms with Crippen molar-refractivity contribution in [1.82, 2.24) is 0 Å². The van der Waals surface area contributed by atoms with Crippen LogP contribution in [0, 0.1) is 5.92 Å². The quantitative estimate of drug-likeness (QED) is 0.816. The van der Waals surface area contributed by atoms with Crippen LogP contribution >= 0.6 is 11.3 Å². The Kier molecular flexibility index (Phi) is 3.10. The standard InChI is InChI=1S/C12H10O4S/c13-11(14)9(12(15)16)5-7-6-17-10-4-2-1-3-8(7)10/h1-4,6,9H,5H2,(H,13,14)(H,15,16). The lowest BCUT2D eigenvalue weighted by molar-refractivity contribution is -0.154. The number of rotatable bonds is 4. The molecule has 0 saturated heterocycles. The van der Waals surface area contributed by atoms with Gasteiger partial charge in [0.25, 0.3) is 0 Å². The van der Waals surface area contributed by atoms with Crippen molar-refractivity contribution in [2.24, 2.45) is 5.92 Å². The molecule has 2 N–H and O–H groups in total. The molecule has 0 bridgehead atoms. The van der Waals surface area contributed by atoms with Gasteiger partial charge in [-0.2, -0.15) is 0 Å². The van der Waals surface area contributed by atoms with E-state index in [1.807, 2.05) is 29.6 Å². The van der Waals surface area contributed by atoms with Gasteiger partial charge in [0.2, 0.25) is 0 Å². The van der Waals surface area contributed by atoms with E-state index in [0.29, 0.717) is 0 Å². The van der Waals surface area contributed by atoms with Gasteiger partial charge in [-0.15, -0.1) is 11.3 Å². The molecule has 88 valence electrons. The lowest BCUT2D eigenvalue weighted by Crippen LogP contribution is -2.25. The molecule has 0 saturated carbocycles.